The fourth-order valence-electron chi connectivity index (χ4n) is 2.64. The Kier molecular flexibility index (Phi) is 6.79. The lowest BCUT2D eigenvalue weighted by molar-refractivity contribution is 1.22. The number of halogens is 4. The molecule has 0 aromatic heterocycles. The van der Waals surface area contributed by atoms with Crippen LogP contribution in [0.1, 0.15) is 0 Å². The molecule has 0 atom stereocenters. The van der Waals surface area contributed by atoms with Gasteiger partial charge in [-0.2, -0.15) is 0 Å². The Morgan fingerprint density at radius 3 is 1.92 bits per heavy atom. The van der Waals surface area contributed by atoms with E-state index in [4.69, 9.17) is 0 Å². The molecule has 0 aliphatic carbocycles. The first-order valence-corrected chi connectivity index (χ1v) is 17.8. The summed E-state index contributed by atoms with van der Waals surface area (Å²) in [6.07, 6.45) is 0. The molecule has 24 heavy (non-hydrogen) atoms. The van der Waals surface area contributed by atoms with Crippen molar-refractivity contribution in [2.24, 2.45) is 0 Å². The molecule has 0 heterocycles. The molecule has 0 radical (unpaired) electrons. The van der Waals surface area contributed by atoms with Gasteiger partial charge in [0.1, 0.15) is 0 Å². The zero-order chi connectivity index (χ0) is 17.3. The average Bonchev–Trinajstić information content (AvgIpc) is 2.60. The quantitative estimate of drug-likeness (QED) is 0.270. The van der Waals surface area contributed by atoms with Gasteiger partial charge in [-0.15, -0.1) is 0 Å². The fraction of sp³-hybridized carbons (Fsp3) is 0.0588. The summed E-state index contributed by atoms with van der Waals surface area (Å²) in [7, 11) is 2.12. The van der Waals surface area contributed by atoms with E-state index in [2.05, 4.69) is 135 Å². The largest absolute Gasteiger partial charge is 0.344 e. The number of anilines is 2. The minimum absolute atomic E-state index is 0.423. The van der Waals surface area contributed by atoms with Crippen LogP contribution in [0.3, 0.4) is 0 Å². The van der Waals surface area contributed by atoms with Crippen LogP contribution < -0.4 is 15.5 Å². The second-order valence-corrected chi connectivity index (χ2v) is 21.3. The summed E-state index contributed by atoms with van der Waals surface area (Å²) in [5.74, 6) is 0. The predicted octanol–water partition coefficient (Wildman–Crippen LogP) is 8.06. The summed E-state index contributed by atoms with van der Waals surface area (Å²) in [6, 6.07) is 21.6. The molecule has 0 saturated carbocycles. The van der Waals surface area contributed by atoms with Crippen LogP contribution in [0.2, 0.25) is 0 Å². The minimum atomic E-state index is -0.495. The van der Waals surface area contributed by atoms with Crippen LogP contribution in [0.5, 0.6) is 0 Å². The van der Waals surface area contributed by atoms with Gasteiger partial charge in [0, 0.05) is 29.1 Å². The first-order chi connectivity index (χ1) is 11.5. The van der Waals surface area contributed by atoms with Gasteiger partial charge in [0.05, 0.1) is 10.7 Å². The lowest BCUT2D eigenvalue weighted by Crippen LogP contribution is -2.12. The highest BCUT2D eigenvalue weighted by atomic mass is 79.9. The number of nitrogens with zero attached hydrogens (tertiary/aromatic N) is 1. The highest BCUT2D eigenvalue weighted by molar-refractivity contribution is 9.70. The van der Waals surface area contributed by atoms with Crippen molar-refractivity contribution >= 4 is 105 Å². The summed E-state index contributed by atoms with van der Waals surface area (Å²) < 4.78 is 0. The van der Waals surface area contributed by atoms with E-state index in [1.54, 1.807) is 0 Å². The van der Waals surface area contributed by atoms with Crippen LogP contribution in [-0.2, 0) is 0 Å². The number of fused-ring (bicyclic) bond motifs is 1. The van der Waals surface area contributed by atoms with Crippen molar-refractivity contribution in [1.29, 1.82) is 0 Å². The van der Waals surface area contributed by atoms with Gasteiger partial charge in [-0.3, -0.25) is 0 Å². The molecule has 0 aliphatic heterocycles. The Bertz CT molecular complexity index is 853. The van der Waals surface area contributed by atoms with Crippen molar-refractivity contribution in [2.75, 3.05) is 11.9 Å². The fourth-order valence-corrected chi connectivity index (χ4v) is 6.85. The van der Waals surface area contributed by atoms with Crippen molar-refractivity contribution < 1.29 is 0 Å². The summed E-state index contributed by atoms with van der Waals surface area (Å²) in [5.41, 5.74) is 2.38. The molecule has 124 valence electrons. The second-order valence-electron chi connectivity index (χ2n) is 5.19. The van der Waals surface area contributed by atoms with Crippen LogP contribution in [0, 0.1) is 0 Å². The van der Waals surface area contributed by atoms with Crippen molar-refractivity contribution in [1.82, 2.24) is 0 Å². The van der Waals surface area contributed by atoms with E-state index in [1.807, 2.05) is 0 Å². The topological polar surface area (TPSA) is 3.24 Å². The molecule has 0 saturated heterocycles. The molecule has 3 rings (SSSR count). The highest BCUT2D eigenvalue weighted by Gasteiger charge is 2.14. The molecule has 0 bridgehead atoms. The van der Waals surface area contributed by atoms with E-state index in [-0.39, 0.29) is 0 Å². The Morgan fingerprint density at radius 1 is 0.708 bits per heavy atom. The number of rotatable bonds is 4. The second kappa shape index (κ2) is 8.46. The molecule has 0 N–H and O–H groups in total. The smallest absolute Gasteiger partial charge is 0.0660 e. The zero-order valence-corrected chi connectivity index (χ0v) is 20.8. The molecule has 3 aromatic rings. The molecule has 0 spiro atoms. The lowest BCUT2D eigenvalue weighted by atomic mass is 10.1. The maximum Gasteiger partial charge on any atom is 0.0660 e. The predicted molar refractivity (Wildman–Crippen MR) is 127 cm³/mol. The van der Waals surface area contributed by atoms with Crippen LogP contribution in [0.25, 0.3) is 10.8 Å². The molecular weight excluding hydrogens is 600 g/mol. The molecule has 0 fully saturated rings. The maximum atomic E-state index is 3.69. The molecule has 0 amide bonds. The van der Waals surface area contributed by atoms with Crippen LogP contribution >= 0.6 is 72.6 Å². The third-order valence-corrected chi connectivity index (χ3v) is 10.0. The number of hydrogen-bond donors (Lipinski definition) is 0. The van der Waals surface area contributed by atoms with E-state index in [9.17, 15) is 0 Å². The van der Waals surface area contributed by atoms with E-state index >= 15 is 0 Å². The molecule has 0 aliphatic rings. The SMILES string of the molecule is CN(c1ccc(P(Br)Br)cc1)c1ccc(P(Br)Br)c2ccccc12. The molecular formula is C17H13Br4NP2. The van der Waals surface area contributed by atoms with Gasteiger partial charge in [-0.1, -0.05) is 42.5 Å². The first-order valence-electron chi connectivity index (χ1n) is 7.08. The Morgan fingerprint density at radius 2 is 1.33 bits per heavy atom. The number of benzene rings is 3. The van der Waals surface area contributed by atoms with Gasteiger partial charge in [0.2, 0.25) is 0 Å². The van der Waals surface area contributed by atoms with Crippen molar-refractivity contribution in [3.63, 3.8) is 0 Å². The number of hydrogen-bond acceptors (Lipinski definition) is 1. The maximum absolute atomic E-state index is 3.69. The summed E-state index contributed by atoms with van der Waals surface area (Å²) in [4.78, 5) is 2.24. The lowest BCUT2D eigenvalue weighted by Gasteiger charge is -2.23. The van der Waals surface area contributed by atoms with Gasteiger partial charge >= 0.3 is 0 Å². The standard InChI is InChI=1S/C17H13Br4NP2/c1-22(12-6-8-13(9-7-12)23(18)19)16-10-11-17(24(20)21)15-5-3-2-4-14(15)16/h2-11H,1H3. The average molecular weight is 613 g/mol. The van der Waals surface area contributed by atoms with Gasteiger partial charge in [0.25, 0.3) is 0 Å². The summed E-state index contributed by atoms with van der Waals surface area (Å²) in [6.45, 7) is 0. The Balaban J connectivity index is 2.07. The van der Waals surface area contributed by atoms with Crippen LogP contribution in [0.4, 0.5) is 11.4 Å². The monoisotopic (exact) mass is 609 g/mol. The minimum Gasteiger partial charge on any atom is -0.344 e. The van der Waals surface area contributed by atoms with Crippen LogP contribution in [-0.4, -0.2) is 7.05 Å². The Hall–Kier alpha value is 0.500. The van der Waals surface area contributed by atoms with Gasteiger partial charge in [0.15, 0.2) is 0 Å². The van der Waals surface area contributed by atoms with Crippen molar-refractivity contribution in [3.05, 3.63) is 60.7 Å². The van der Waals surface area contributed by atoms with Gasteiger partial charge < -0.3 is 4.90 Å². The third-order valence-electron chi connectivity index (χ3n) is 3.85. The van der Waals surface area contributed by atoms with E-state index < -0.39 is 10.7 Å². The summed E-state index contributed by atoms with van der Waals surface area (Å²) >= 11 is 14.6. The zero-order valence-electron chi connectivity index (χ0n) is 12.6. The third kappa shape index (κ3) is 4.08. The normalized spacial score (nSPS) is 11.5. The van der Waals surface area contributed by atoms with Gasteiger partial charge in [-0.05, 0) is 90.8 Å². The van der Waals surface area contributed by atoms with Crippen molar-refractivity contribution in [2.45, 2.75) is 0 Å². The Labute approximate surface area is 176 Å². The van der Waals surface area contributed by atoms with E-state index in [0.29, 0.717) is 0 Å². The molecule has 3 aromatic carbocycles. The van der Waals surface area contributed by atoms with Crippen LogP contribution in [0.15, 0.2) is 60.7 Å². The van der Waals surface area contributed by atoms with Crippen molar-refractivity contribution in [3.8, 4) is 0 Å². The molecule has 1 nitrogen and oxygen atoms in total. The van der Waals surface area contributed by atoms with E-state index in [1.165, 1.54) is 32.8 Å². The summed E-state index contributed by atoms with van der Waals surface area (Å²) in [5, 5.41) is 4.20. The van der Waals surface area contributed by atoms with E-state index in [0.717, 1.165) is 0 Å². The molecule has 7 heteroatoms. The highest BCUT2D eigenvalue weighted by Crippen LogP contribution is 2.53. The molecule has 0 unspecified atom stereocenters. The van der Waals surface area contributed by atoms with Gasteiger partial charge in [-0.25, -0.2) is 0 Å². The first kappa shape index (κ1) is 19.3.